The second-order valence-electron chi connectivity index (χ2n) is 7.85. The van der Waals surface area contributed by atoms with Crippen molar-refractivity contribution in [3.8, 4) is 0 Å². The molecule has 0 saturated carbocycles. The van der Waals surface area contributed by atoms with E-state index < -0.39 is 6.04 Å². The highest BCUT2D eigenvalue weighted by atomic mass is 16.2. The van der Waals surface area contributed by atoms with E-state index in [1.54, 1.807) is 0 Å². The summed E-state index contributed by atoms with van der Waals surface area (Å²) in [7, 11) is 0. The van der Waals surface area contributed by atoms with E-state index in [1.165, 1.54) is 4.90 Å². The first kappa shape index (κ1) is 19.3. The Hall–Kier alpha value is -2.43. The van der Waals surface area contributed by atoms with Gasteiger partial charge in [-0.1, -0.05) is 51.1 Å². The molecule has 1 N–H and O–H groups in total. The van der Waals surface area contributed by atoms with Crippen LogP contribution in [-0.4, -0.2) is 28.7 Å². The van der Waals surface area contributed by atoms with Gasteiger partial charge >= 0.3 is 0 Å². The van der Waals surface area contributed by atoms with E-state index in [2.05, 4.69) is 5.32 Å². The van der Waals surface area contributed by atoms with Crippen molar-refractivity contribution in [1.29, 1.82) is 0 Å². The molecule has 5 nitrogen and oxygen atoms in total. The van der Waals surface area contributed by atoms with Gasteiger partial charge in [0.1, 0.15) is 6.04 Å². The largest absolute Gasteiger partial charge is 0.324 e. The van der Waals surface area contributed by atoms with Gasteiger partial charge in [-0.3, -0.25) is 19.3 Å². The van der Waals surface area contributed by atoms with Crippen molar-refractivity contribution in [2.75, 3.05) is 5.32 Å². The van der Waals surface area contributed by atoms with Crippen LogP contribution in [0.25, 0.3) is 0 Å². The number of amides is 3. The molecule has 1 saturated heterocycles. The molecule has 1 aliphatic heterocycles. The highest BCUT2D eigenvalue weighted by molar-refractivity contribution is 6.10. The molecule has 3 amide bonds. The number of fused-ring (bicyclic) bond motifs is 1. The second kappa shape index (κ2) is 8.07. The minimum absolute atomic E-state index is 0.184. The maximum atomic E-state index is 13.1. The number of allylic oxidation sites excluding steroid dienone is 2. The summed E-state index contributed by atoms with van der Waals surface area (Å²) in [5.74, 6) is -1.11. The minimum atomic E-state index is -0.763. The van der Waals surface area contributed by atoms with Crippen LogP contribution >= 0.6 is 0 Å². The molecule has 3 rings (SSSR count). The quantitative estimate of drug-likeness (QED) is 0.617. The molecule has 2 aliphatic rings. The molecule has 144 valence electrons. The predicted molar refractivity (Wildman–Crippen MR) is 105 cm³/mol. The minimum Gasteiger partial charge on any atom is -0.324 e. The monoisotopic (exact) mass is 368 g/mol. The molecule has 3 atom stereocenters. The number of likely N-dealkylation sites (tertiary alicyclic amines) is 1. The van der Waals surface area contributed by atoms with Gasteiger partial charge in [0.2, 0.25) is 17.7 Å². The van der Waals surface area contributed by atoms with Gasteiger partial charge in [-0.15, -0.1) is 0 Å². The van der Waals surface area contributed by atoms with Crippen molar-refractivity contribution in [2.45, 2.75) is 52.5 Å². The lowest BCUT2D eigenvalue weighted by Gasteiger charge is -2.27. The molecule has 1 aliphatic carbocycles. The zero-order chi connectivity index (χ0) is 19.6. The number of carbonyl (C=O) groups is 3. The smallest absolute Gasteiger partial charge is 0.247 e. The number of aryl methyl sites for hydroxylation is 1. The average Bonchev–Trinajstić information content (AvgIpc) is 2.91. The Morgan fingerprint density at radius 2 is 1.70 bits per heavy atom. The van der Waals surface area contributed by atoms with Crippen LogP contribution in [0.1, 0.15) is 45.6 Å². The molecule has 1 aromatic rings. The lowest BCUT2D eigenvalue weighted by molar-refractivity contribution is -0.147. The van der Waals surface area contributed by atoms with Crippen molar-refractivity contribution >= 4 is 23.4 Å². The van der Waals surface area contributed by atoms with Gasteiger partial charge in [-0.2, -0.15) is 0 Å². The van der Waals surface area contributed by atoms with Crippen molar-refractivity contribution in [3.05, 3.63) is 42.0 Å². The van der Waals surface area contributed by atoms with Crippen LogP contribution in [0.2, 0.25) is 0 Å². The Balaban J connectivity index is 1.86. The van der Waals surface area contributed by atoms with E-state index in [9.17, 15) is 14.4 Å². The summed E-state index contributed by atoms with van der Waals surface area (Å²) < 4.78 is 0. The second-order valence-corrected chi connectivity index (χ2v) is 7.85. The fourth-order valence-corrected chi connectivity index (χ4v) is 4.08. The van der Waals surface area contributed by atoms with Crippen LogP contribution in [0.15, 0.2) is 36.4 Å². The van der Waals surface area contributed by atoms with E-state index >= 15 is 0 Å². The molecule has 3 unspecified atom stereocenters. The van der Waals surface area contributed by atoms with E-state index in [4.69, 9.17) is 0 Å². The van der Waals surface area contributed by atoms with E-state index in [-0.39, 0.29) is 35.5 Å². The van der Waals surface area contributed by atoms with Gasteiger partial charge in [0, 0.05) is 5.69 Å². The van der Waals surface area contributed by atoms with Crippen molar-refractivity contribution in [1.82, 2.24) is 4.90 Å². The van der Waals surface area contributed by atoms with Gasteiger partial charge in [0.15, 0.2) is 0 Å². The molecular formula is C22H28N2O3. The van der Waals surface area contributed by atoms with Gasteiger partial charge in [0.25, 0.3) is 0 Å². The first-order valence-corrected chi connectivity index (χ1v) is 9.84. The number of carbonyl (C=O) groups excluding carboxylic acids is 3. The van der Waals surface area contributed by atoms with Gasteiger partial charge < -0.3 is 5.32 Å². The van der Waals surface area contributed by atoms with Crippen LogP contribution in [0.4, 0.5) is 5.69 Å². The number of nitrogens with one attached hydrogen (secondary N) is 1. The van der Waals surface area contributed by atoms with Crippen molar-refractivity contribution in [2.24, 2.45) is 17.8 Å². The normalized spacial score (nSPS) is 22.9. The van der Waals surface area contributed by atoms with Crippen molar-refractivity contribution < 1.29 is 14.4 Å². The molecule has 1 fully saturated rings. The third-order valence-corrected chi connectivity index (χ3v) is 5.51. The molecule has 27 heavy (non-hydrogen) atoms. The van der Waals surface area contributed by atoms with E-state index in [1.807, 2.05) is 57.2 Å². The highest BCUT2D eigenvalue weighted by Crippen LogP contribution is 2.37. The Labute approximate surface area is 160 Å². The molecule has 1 heterocycles. The predicted octanol–water partition coefficient (Wildman–Crippen LogP) is 3.55. The van der Waals surface area contributed by atoms with Crippen LogP contribution < -0.4 is 5.32 Å². The molecule has 0 spiro atoms. The van der Waals surface area contributed by atoms with E-state index in [0.29, 0.717) is 19.3 Å². The number of hydrogen-bond donors (Lipinski definition) is 1. The Morgan fingerprint density at radius 1 is 1.11 bits per heavy atom. The van der Waals surface area contributed by atoms with E-state index in [0.717, 1.165) is 17.7 Å². The average molecular weight is 368 g/mol. The van der Waals surface area contributed by atoms with Crippen LogP contribution in [0, 0.1) is 17.8 Å². The summed E-state index contributed by atoms with van der Waals surface area (Å²) in [5.41, 5.74) is 1.78. The summed E-state index contributed by atoms with van der Waals surface area (Å²) in [6.45, 7) is 6.03. The number of para-hydroxylation sites is 1. The summed E-state index contributed by atoms with van der Waals surface area (Å²) >= 11 is 0. The number of rotatable bonds is 6. The summed E-state index contributed by atoms with van der Waals surface area (Å²) in [6.07, 6.45) is 6.35. The lowest BCUT2D eigenvalue weighted by Crippen LogP contribution is -2.48. The zero-order valence-electron chi connectivity index (χ0n) is 16.3. The summed E-state index contributed by atoms with van der Waals surface area (Å²) in [6, 6.07) is 6.88. The molecule has 0 bridgehead atoms. The third-order valence-electron chi connectivity index (χ3n) is 5.51. The number of hydrogen-bond acceptors (Lipinski definition) is 3. The third kappa shape index (κ3) is 3.82. The maximum absolute atomic E-state index is 13.1. The highest BCUT2D eigenvalue weighted by Gasteiger charge is 2.51. The number of anilines is 1. The number of benzene rings is 1. The topological polar surface area (TPSA) is 66.5 Å². The lowest BCUT2D eigenvalue weighted by atomic mass is 9.85. The van der Waals surface area contributed by atoms with Crippen molar-refractivity contribution in [3.63, 3.8) is 0 Å². The number of imide groups is 1. The fourth-order valence-electron chi connectivity index (χ4n) is 4.08. The maximum Gasteiger partial charge on any atom is 0.247 e. The Bertz CT molecular complexity index is 743. The van der Waals surface area contributed by atoms with Gasteiger partial charge in [-0.05, 0) is 43.2 Å². The molecule has 1 aromatic carbocycles. The Morgan fingerprint density at radius 3 is 2.26 bits per heavy atom. The summed E-state index contributed by atoms with van der Waals surface area (Å²) in [4.78, 5) is 40.3. The molecule has 5 heteroatoms. The van der Waals surface area contributed by atoms with Crippen LogP contribution in [0.5, 0.6) is 0 Å². The van der Waals surface area contributed by atoms with Gasteiger partial charge in [-0.25, -0.2) is 0 Å². The molecular weight excluding hydrogens is 340 g/mol. The standard InChI is InChI=1S/C22H28N2O3/c1-4-15-9-5-8-12-18(15)23-20(25)19(13-14(2)3)24-21(26)16-10-6-7-11-17(16)22(24)27/h5-9,12,14,16-17,19H,4,10-11,13H2,1-3H3,(H,23,25). The van der Waals surface area contributed by atoms with Crippen LogP contribution in [0.3, 0.4) is 0 Å². The fraction of sp³-hybridized carbons (Fsp3) is 0.500. The number of nitrogens with zero attached hydrogens (tertiary/aromatic N) is 1. The van der Waals surface area contributed by atoms with Gasteiger partial charge in [0.05, 0.1) is 11.8 Å². The zero-order valence-corrected chi connectivity index (χ0v) is 16.3. The first-order chi connectivity index (χ1) is 12.9. The first-order valence-electron chi connectivity index (χ1n) is 9.84. The molecule has 0 aromatic heterocycles. The SMILES string of the molecule is CCc1ccccc1NC(=O)C(CC(C)C)N1C(=O)C2CC=CCC2C1=O. The van der Waals surface area contributed by atoms with Crippen LogP contribution in [-0.2, 0) is 20.8 Å². The molecule has 0 radical (unpaired) electrons. The Kier molecular flexibility index (Phi) is 5.78. The summed E-state index contributed by atoms with van der Waals surface area (Å²) in [5, 5.41) is 2.97.